The third kappa shape index (κ3) is 7.33. The summed E-state index contributed by atoms with van der Waals surface area (Å²) in [6.45, 7) is 0. The van der Waals surface area contributed by atoms with E-state index in [4.69, 9.17) is 10.3 Å². The SMILES string of the molecule is Nc1ccc(S(=O)(=O)Nc2ccc(S(=O)(=O)Nc3ccc(S(=O)(=O)Nc4ccc(S(=O)(=O)O)cc4)cc3)cc2)cc1. The van der Waals surface area contributed by atoms with E-state index in [0.29, 0.717) is 5.69 Å². The molecule has 17 heteroatoms. The normalized spacial score (nSPS) is 12.4. The summed E-state index contributed by atoms with van der Waals surface area (Å²) in [6.07, 6.45) is 0. The molecule has 4 aromatic carbocycles. The van der Waals surface area contributed by atoms with Crippen molar-refractivity contribution in [3.63, 3.8) is 0 Å². The molecule has 0 saturated carbocycles. The highest BCUT2D eigenvalue weighted by Crippen LogP contribution is 2.23. The van der Waals surface area contributed by atoms with Crippen LogP contribution in [-0.2, 0) is 40.2 Å². The van der Waals surface area contributed by atoms with Crippen molar-refractivity contribution < 1.29 is 38.2 Å². The van der Waals surface area contributed by atoms with Gasteiger partial charge in [0, 0.05) is 22.7 Å². The Balaban J connectivity index is 1.43. The lowest BCUT2D eigenvalue weighted by Crippen LogP contribution is -2.15. The van der Waals surface area contributed by atoms with Crippen LogP contribution in [0.1, 0.15) is 0 Å². The lowest BCUT2D eigenvalue weighted by Gasteiger charge is -2.12. The van der Waals surface area contributed by atoms with Crippen molar-refractivity contribution in [2.75, 3.05) is 19.9 Å². The van der Waals surface area contributed by atoms with Crippen LogP contribution in [0.3, 0.4) is 0 Å². The highest BCUT2D eigenvalue weighted by Gasteiger charge is 2.19. The zero-order valence-electron chi connectivity index (χ0n) is 20.7. The highest BCUT2D eigenvalue weighted by molar-refractivity contribution is 7.93. The van der Waals surface area contributed by atoms with Crippen LogP contribution in [0, 0.1) is 0 Å². The number of nitrogens with two attached hydrogens (primary N) is 1. The molecule has 13 nitrogen and oxygen atoms in total. The molecule has 0 spiro atoms. The fraction of sp³-hybridized carbons (Fsp3) is 0. The van der Waals surface area contributed by atoms with Crippen LogP contribution in [0.4, 0.5) is 22.7 Å². The molecule has 0 radical (unpaired) electrons. The number of hydrogen-bond donors (Lipinski definition) is 5. The van der Waals surface area contributed by atoms with E-state index in [9.17, 15) is 33.7 Å². The van der Waals surface area contributed by atoms with E-state index in [-0.39, 0.29) is 31.7 Å². The van der Waals surface area contributed by atoms with E-state index in [0.717, 1.165) is 36.4 Å². The maximum absolute atomic E-state index is 12.8. The molecule has 0 heterocycles. The first-order valence-corrected chi connectivity index (χ1v) is 17.2. The summed E-state index contributed by atoms with van der Waals surface area (Å²) in [7, 11) is -16.6. The molecule has 0 saturated heterocycles. The highest BCUT2D eigenvalue weighted by atomic mass is 32.2. The molecule has 0 aliphatic heterocycles. The Bertz CT molecular complexity index is 2000. The zero-order valence-corrected chi connectivity index (χ0v) is 23.9. The van der Waals surface area contributed by atoms with Crippen molar-refractivity contribution in [2.24, 2.45) is 0 Å². The van der Waals surface area contributed by atoms with Gasteiger partial charge in [-0.25, -0.2) is 25.3 Å². The Morgan fingerprint density at radius 2 is 0.659 bits per heavy atom. The van der Waals surface area contributed by atoms with Crippen LogP contribution in [-0.4, -0.2) is 38.2 Å². The third-order valence-corrected chi connectivity index (χ3v) is 10.5. The second kappa shape index (κ2) is 11.0. The van der Waals surface area contributed by atoms with Crippen LogP contribution in [0.25, 0.3) is 0 Å². The van der Waals surface area contributed by atoms with Gasteiger partial charge in [0.25, 0.3) is 40.2 Å². The smallest absolute Gasteiger partial charge is 0.294 e. The minimum atomic E-state index is -4.44. The molecular formula is C24H22N4O9S4. The number of sulfonamides is 3. The van der Waals surface area contributed by atoms with Crippen LogP contribution in [0.5, 0.6) is 0 Å². The average molecular weight is 639 g/mol. The summed E-state index contributed by atoms with van der Waals surface area (Å²) in [4.78, 5) is -0.830. The lowest BCUT2D eigenvalue weighted by molar-refractivity contribution is 0.483. The maximum atomic E-state index is 12.8. The number of hydrogen-bond acceptors (Lipinski definition) is 9. The van der Waals surface area contributed by atoms with Crippen molar-refractivity contribution in [3.8, 4) is 0 Å². The van der Waals surface area contributed by atoms with Gasteiger partial charge in [-0.2, -0.15) is 8.42 Å². The van der Waals surface area contributed by atoms with Crippen LogP contribution in [0.15, 0.2) is 117 Å². The molecule has 0 bridgehead atoms. The predicted octanol–water partition coefficient (Wildman–Crippen LogP) is 2.92. The summed E-state index contributed by atoms with van der Waals surface area (Å²) in [6, 6.07) is 19.6. The monoisotopic (exact) mass is 638 g/mol. The molecule has 4 aromatic rings. The first-order valence-electron chi connectivity index (χ1n) is 11.3. The Kier molecular flexibility index (Phi) is 8.01. The molecule has 216 valence electrons. The number of anilines is 4. The summed E-state index contributed by atoms with van der Waals surface area (Å²) in [5.41, 5.74) is 6.17. The van der Waals surface area contributed by atoms with E-state index < -0.39 is 45.1 Å². The van der Waals surface area contributed by atoms with Gasteiger partial charge in [-0.3, -0.25) is 18.7 Å². The number of nitrogen functional groups attached to an aromatic ring is 1. The fourth-order valence-electron chi connectivity index (χ4n) is 3.39. The molecule has 0 aliphatic rings. The number of nitrogens with one attached hydrogen (secondary N) is 3. The third-order valence-electron chi connectivity index (χ3n) is 5.43. The summed E-state index contributed by atoms with van der Waals surface area (Å²) in [5, 5.41) is 0. The first kappa shape index (κ1) is 29.8. The van der Waals surface area contributed by atoms with Gasteiger partial charge in [-0.15, -0.1) is 0 Å². The van der Waals surface area contributed by atoms with Gasteiger partial charge in [0.1, 0.15) is 0 Å². The molecule has 0 fully saturated rings. The molecular weight excluding hydrogens is 617 g/mol. The van der Waals surface area contributed by atoms with Gasteiger partial charge >= 0.3 is 0 Å². The molecule has 41 heavy (non-hydrogen) atoms. The van der Waals surface area contributed by atoms with Crippen molar-refractivity contribution >= 4 is 62.9 Å². The second-order valence-electron chi connectivity index (χ2n) is 8.43. The number of rotatable bonds is 10. The van der Waals surface area contributed by atoms with Gasteiger partial charge < -0.3 is 5.73 Å². The first-order chi connectivity index (χ1) is 19.0. The van der Waals surface area contributed by atoms with Crippen LogP contribution in [0.2, 0.25) is 0 Å². The largest absolute Gasteiger partial charge is 0.399 e. The fourth-order valence-corrected chi connectivity index (χ4v) is 7.04. The van der Waals surface area contributed by atoms with Crippen molar-refractivity contribution in [1.29, 1.82) is 0 Å². The quantitative estimate of drug-likeness (QED) is 0.126. The van der Waals surface area contributed by atoms with E-state index in [1.54, 1.807) is 0 Å². The molecule has 0 aromatic heterocycles. The Morgan fingerprint density at radius 1 is 0.415 bits per heavy atom. The molecule has 0 unspecified atom stereocenters. The predicted molar refractivity (Wildman–Crippen MR) is 152 cm³/mol. The second-order valence-corrected chi connectivity index (χ2v) is 14.9. The van der Waals surface area contributed by atoms with E-state index >= 15 is 0 Å². The van der Waals surface area contributed by atoms with Crippen LogP contribution < -0.4 is 19.9 Å². The summed E-state index contributed by atoms with van der Waals surface area (Å²) >= 11 is 0. The van der Waals surface area contributed by atoms with Gasteiger partial charge in [0.05, 0.1) is 19.6 Å². The molecule has 4 rings (SSSR count). The lowest BCUT2D eigenvalue weighted by atomic mass is 10.3. The Hall–Kier alpha value is -4.16. The van der Waals surface area contributed by atoms with Gasteiger partial charge in [-0.05, 0) is 97.1 Å². The van der Waals surface area contributed by atoms with Crippen LogP contribution >= 0.6 is 0 Å². The number of benzene rings is 4. The van der Waals surface area contributed by atoms with Crippen molar-refractivity contribution in [1.82, 2.24) is 0 Å². The van der Waals surface area contributed by atoms with Gasteiger partial charge in [0.2, 0.25) is 0 Å². The summed E-state index contributed by atoms with van der Waals surface area (Å²) < 4.78 is 114. The standard InChI is InChI=1S/C24H22N4O9S4/c25-17-1-9-21(10-2-17)38(29,30)26-18-3-11-22(12-4-18)39(31,32)27-19-5-13-23(14-6-19)40(33,34)28-20-7-15-24(16-8-20)41(35,36)37/h1-16,26-28H,25H2,(H,35,36,37). The average Bonchev–Trinajstić information content (AvgIpc) is 2.89. The molecule has 0 atom stereocenters. The van der Waals surface area contributed by atoms with E-state index in [2.05, 4.69) is 14.2 Å². The molecule has 6 N–H and O–H groups in total. The minimum Gasteiger partial charge on any atom is -0.399 e. The Labute approximate surface area is 237 Å². The molecule has 0 aliphatic carbocycles. The van der Waals surface area contributed by atoms with Gasteiger partial charge in [0.15, 0.2) is 0 Å². The van der Waals surface area contributed by atoms with E-state index in [1.807, 2.05) is 0 Å². The van der Waals surface area contributed by atoms with Gasteiger partial charge in [-0.1, -0.05) is 0 Å². The summed E-state index contributed by atoms with van der Waals surface area (Å²) in [5.74, 6) is 0. The molecule has 0 amide bonds. The van der Waals surface area contributed by atoms with Crippen molar-refractivity contribution in [3.05, 3.63) is 97.1 Å². The van der Waals surface area contributed by atoms with E-state index in [1.165, 1.54) is 60.7 Å². The maximum Gasteiger partial charge on any atom is 0.294 e. The topological polar surface area (TPSA) is 219 Å². The minimum absolute atomic E-state index is 0.0271. The zero-order chi connectivity index (χ0) is 30.1. The Morgan fingerprint density at radius 3 is 0.927 bits per heavy atom. The van der Waals surface area contributed by atoms with Crippen molar-refractivity contribution in [2.45, 2.75) is 19.6 Å².